The third-order valence-electron chi connectivity index (χ3n) is 4.15. The molecule has 2 amide bonds. The smallest absolute Gasteiger partial charge is 0.408 e. The molecule has 0 fully saturated rings. The lowest BCUT2D eigenvalue weighted by atomic mass is 10.1. The zero-order chi connectivity index (χ0) is 23.4. The minimum Gasteiger partial charge on any atom is -0.497 e. The van der Waals surface area contributed by atoms with Gasteiger partial charge >= 0.3 is 12.1 Å². The molecule has 0 saturated carbocycles. The van der Waals surface area contributed by atoms with E-state index < -0.39 is 35.7 Å². The normalized spacial score (nSPS) is 13.1. The number of aliphatic carboxylic acids is 1. The maximum absolute atomic E-state index is 12.8. The maximum atomic E-state index is 12.8. The predicted molar refractivity (Wildman–Crippen MR) is 115 cm³/mol. The van der Waals surface area contributed by atoms with Crippen LogP contribution >= 0.6 is 0 Å². The lowest BCUT2D eigenvalue weighted by molar-refractivity contribution is -0.142. The molecule has 3 N–H and O–H groups in total. The minimum absolute atomic E-state index is 0.0704. The second-order valence-electron chi connectivity index (χ2n) is 8.08. The van der Waals surface area contributed by atoms with Crippen molar-refractivity contribution in [3.05, 3.63) is 29.8 Å². The summed E-state index contributed by atoms with van der Waals surface area (Å²) in [4.78, 5) is 36.6. The van der Waals surface area contributed by atoms with Crippen LogP contribution in [-0.2, 0) is 25.5 Å². The highest BCUT2D eigenvalue weighted by Crippen LogP contribution is 2.13. The fraction of sp³-hybridized carbons (Fsp3) is 0.591. The summed E-state index contributed by atoms with van der Waals surface area (Å²) in [6, 6.07) is 4.61. The van der Waals surface area contributed by atoms with Gasteiger partial charge in [0.2, 0.25) is 5.91 Å². The van der Waals surface area contributed by atoms with Crippen LogP contribution in [-0.4, -0.2) is 61.1 Å². The van der Waals surface area contributed by atoms with E-state index in [1.165, 1.54) is 7.11 Å². The summed E-state index contributed by atoms with van der Waals surface area (Å²) >= 11 is 0. The number of carboxylic acid groups (broad SMARTS) is 1. The molecule has 1 aromatic carbocycles. The minimum atomic E-state index is -1.19. The van der Waals surface area contributed by atoms with Crippen molar-refractivity contribution in [2.75, 3.05) is 20.3 Å². The Morgan fingerprint density at radius 2 is 1.71 bits per heavy atom. The van der Waals surface area contributed by atoms with Gasteiger partial charge in [-0.3, -0.25) is 4.79 Å². The van der Waals surface area contributed by atoms with E-state index in [1.807, 2.05) is 6.92 Å². The molecule has 31 heavy (non-hydrogen) atoms. The van der Waals surface area contributed by atoms with Gasteiger partial charge in [-0.2, -0.15) is 0 Å². The van der Waals surface area contributed by atoms with Crippen LogP contribution in [0.1, 0.15) is 46.1 Å². The van der Waals surface area contributed by atoms with Crippen LogP contribution in [0.3, 0.4) is 0 Å². The summed E-state index contributed by atoms with van der Waals surface area (Å²) in [5.74, 6) is -1.21. The second kappa shape index (κ2) is 12.8. The largest absolute Gasteiger partial charge is 0.497 e. The van der Waals surface area contributed by atoms with Crippen LogP contribution in [0.4, 0.5) is 4.79 Å². The van der Waals surface area contributed by atoms with Crippen molar-refractivity contribution in [2.45, 2.75) is 64.6 Å². The predicted octanol–water partition coefficient (Wildman–Crippen LogP) is 2.52. The van der Waals surface area contributed by atoms with E-state index in [0.29, 0.717) is 17.9 Å². The number of amides is 2. The number of carbonyl (C=O) groups excluding carboxylic acids is 2. The highest BCUT2D eigenvalue weighted by Gasteiger charge is 2.28. The average molecular weight is 439 g/mol. The standard InChI is InChI=1S/C22H34N2O7/c1-6-7-12-30-14-18(24-21(28)31-22(2,3)4)19(25)23-17(20(26)27)13-15-8-10-16(29-5)11-9-15/h8-11,17-18H,6-7,12-14H2,1-5H3,(H,23,25)(H,24,28)(H,26,27)/t17-,18-/m0/s1. The molecule has 0 spiro atoms. The van der Waals surface area contributed by atoms with E-state index in [9.17, 15) is 19.5 Å². The molecule has 0 aliphatic heterocycles. The highest BCUT2D eigenvalue weighted by molar-refractivity contribution is 5.89. The molecule has 0 heterocycles. The van der Waals surface area contributed by atoms with Gasteiger partial charge in [-0.05, 0) is 44.9 Å². The third-order valence-corrected chi connectivity index (χ3v) is 4.15. The van der Waals surface area contributed by atoms with E-state index in [1.54, 1.807) is 45.0 Å². The summed E-state index contributed by atoms with van der Waals surface area (Å²) in [7, 11) is 1.54. The molecule has 174 valence electrons. The van der Waals surface area contributed by atoms with Crippen LogP contribution in [0.15, 0.2) is 24.3 Å². The SMILES string of the molecule is CCCCOC[C@H](NC(=O)OC(C)(C)C)C(=O)N[C@@H](Cc1ccc(OC)cc1)C(=O)O. The summed E-state index contributed by atoms with van der Waals surface area (Å²) in [6.45, 7) is 7.44. The molecule has 0 aromatic heterocycles. The maximum Gasteiger partial charge on any atom is 0.408 e. The van der Waals surface area contributed by atoms with Gasteiger partial charge in [0.25, 0.3) is 0 Å². The van der Waals surface area contributed by atoms with E-state index >= 15 is 0 Å². The van der Waals surface area contributed by atoms with Gasteiger partial charge < -0.3 is 30.0 Å². The number of nitrogens with one attached hydrogen (secondary N) is 2. The Morgan fingerprint density at radius 1 is 1.06 bits per heavy atom. The fourth-order valence-electron chi connectivity index (χ4n) is 2.55. The van der Waals surface area contributed by atoms with Crippen molar-refractivity contribution in [1.29, 1.82) is 0 Å². The summed E-state index contributed by atoms with van der Waals surface area (Å²) in [6.07, 6.45) is 1.00. The molecule has 1 aromatic rings. The van der Waals surface area contributed by atoms with Crippen LogP contribution in [0.25, 0.3) is 0 Å². The van der Waals surface area contributed by atoms with Crippen molar-refractivity contribution >= 4 is 18.0 Å². The molecule has 1 rings (SSSR count). The number of hydrogen-bond donors (Lipinski definition) is 3. The van der Waals surface area contributed by atoms with Gasteiger partial charge in [0, 0.05) is 13.0 Å². The molecule has 9 nitrogen and oxygen atoms in total. The Balaban J connectivity index is 2.84. The quantitative estimate of drug-likeness (QED) is 0.429. The van der Waals surface area contributed by atoms with Gasteiger partial charge in [0.15, 0.2) is 0 Å². The number of ether oxygens (including phenoxy) is 3. The van der Waals surface area contributed by atoms with E-state index in [2.05, 4.69) is 10.6 Å². The first-order chi connectivity index (χ1) is 14.6. The molecular weight excluding hydrogens is 404 g/mol. The molecule has 0 aliphatic carbocycles. The Hall–Kier alpha value is -2.81. The number of carboxylic acids is 1. The van der Waals surface area contributed by atoms with Crippen molar-refractivity contribution < 1.29 is 33.7 Å². The second-order valence-corrected chi connectivity index (χ2v) is 8.08. The number of alkyl carbamates (subject to hydrolysis) is 1. The van der Waals surface area contributed by atoms with Gasteiger partial charge in [0.1, 0.15) is 23.4 Å². The van der Waals surface area contributed by atoms with Gasteiger partial charge in [-0.15, -0.1) is 0 Å². The van der Waals surface area contributed by atoms with E-state index in [-0.39, 0.29) is 13.0 Å². The van der Waals surface area contributed by atoms with Gasteiger partial charge in [-0.1, -0.05) is 25.5 Å². The lowest BCUT2D eigenvalue weighted by Crippen LogP contribution is -2.54. The molecule has 9 heteroatoms. The molecule has 2 atom stereocenters. The topological polar surface area (TPSA) is 123 Å². The van der Waals surface area contributed by atoms with Crippen molar-refractivity contribution in [1.82, 2.24) is 10.6 Å². The number of unbranched alkanes of at least 4 members (excludes halogenated alkanes) is 1. The fourth-order valence-corrected chi connectivity index (χ4v) is 2.55. The Bertz CT molecular complexity index is 714. The van der Waals surface area contributed by atoms with Crippen LogP contribution in [0, 0.1) is 0 Å². The number of hydrogen-bond acceptors (Lipinski definition) is 6. The average Bonchev–Trinajstić information content (AvgIpc) is 2.68. The first kappa shape index (κ1) is 26.2. The summed E-state index contributed by atoms with van der Waals surface area (Å²) < 4.78 is 15.8. The van der Waals surface area contributed by atoms with Crippen LogP contribution < -0.4 is 15.4 Å². The zero-order valence-electron chi connectivity index (χ0n) is 18.9. The zero-order valence-corrected chi connectivity index (χ0v) is 18.9. The molecular formula is C22H34N2O7. The highest BCUT2D eigenvalue weighted by atomic mass is 16.6. The number of carbonyl (C=O) groups is 3. The number of benzene rings is 1. The summed E-state index contributed by atoms with van der Waals surface area (Å²) in [5, 5.41) is 14.5. The Kier molecular flexibility index (Phi) is 10.8. The number of methoxy groups -OCH3 is 1. The van der Waals surface area contributed by atoms with Crippen molar-refractivity contribution in [3.8, 4) is 5.75 Å². The lowest BCUT2D eigenvalue weighted by Gasteiger charge is -2.24. The Morgan fingerprint density at radius 3 is 2.23 bits per heavy atom. The molecule has 0 aliphatic rings. The molecule has 0 radical (unpaired) electrons. The molecule has 0 saturated heterocycles. The van der Waals surface area contributed by atoms with E-state index in [0.717, 1.165) is 12.8 Å². The Labute approximate surface area is 183 Å². The van der Waals surface area contributed by atoms with Crippen molar-refractivity contribution in [3.63, 3.8) is 0 Å². The number of rotatable bonds is 12. The van der Waals surface area contributed by atoms with Crippen LogP contribution in [0.5, 0.6) is 5.75 Å². The first-order valence-electron chi connectivity index (χ1n) is 10.3. The van der Waals surface area contributed by atoms with Crippen LogP contribution in [0.2, 0.25) is 0 Å². The summed E-state index contributed by atoms with van der Waals surface area (Å²) in [5.41, 5.74) is -0.0315. The van der Waals surface area contributed by atoms with Gasteiger partial charge in [0.05, 0.1) is 13.7 Å². The third kappa shape index (κ3) is 10.7. The molecule has 0 unspecified atom stereocenters. The molecule has 0 bridgehead atoms. The van der Waals surface area contributed by atoms with Crippen molar-refractivity contribution in [2.24, 2.45) is 0 Å². The monoisotopic (exact) mass is 438 g/mol. The first-order valence-corrected chi connectivity index (χ1v) is 10.3. The van der Waals surface area contributed by atoms with E-state index in [4.69, 9.17) is 14.2 Å². The van der Waals surface area contributed by atoms with Gasteiger partial charge in [-0.25, -0.2) is 9.59 Å².